The summed E-state index contributed by atoms with van der Waals surface area (Å²) in [6.45, 7) is 4.60. The summed E-state index contributed by atoms with van der Waals surface area (Å²) in [5.41, 5.74) is 7.17. The lowest BCUT2D eigenvalue weighted by Gasteiger charge is -2.12. The molecule has 0 aliphatic rings. The van der Waals surface area contributed by atoms with Gasteiger partial charge in [-0.15, -0.1) is 0 Å². The van der Waals surface area contributed by atoms with Gasteiger partial charge in [0.25, 0.3) is 0 Å². The van der Waals surface area contributed by atoms with Gasteiger partial charge in [0.05, 0.1) is 12.2 Å². The molecule has 244 valence electrons. The number of hydrogen-bond acceptors (Lipinski definition) is 3. The fourth-order valence-corrected chi connectivity index (χ4v) is 6.09. The lowest BCUT2D eigenvalue weighted by molar-refractivity contribution is -0.688. The van der Waals surface area contributed by atoms with E-state index in [0.717, 1.165) is 31.9 Å². The first kappa shape index (κ1) is 34.0. The van der Waals surface area contributed by atoms with Gasteiger partial charge in [0, 0.05) is 54.6 Å². The van der Waals surface area contributed by atoms with Crippen LogP contribution in [0.3, 0.4) is 0 Å². The Hall–Kier alpha value is -4.38. The number of pyridine rings is 4. The van der Waals surface area contributed by atoms with E-state index in [1.54, 1.807) is 0 Å². The molecule has 0 aliphatic heterocycles. The molecule has 1 aromatic carbocycles. The number of unbranched alkanes of at least 4 members (excludes halogenated alkanes) is 11. The van der Waals surface area contributed by atoms with Crippen molar-refractivity contribution in [2.24, 2.45) is 0 Å². The lowest BCUT2D eigenvalue weighted by Crippen LogP contribution is -2.34. The van der Waals surface area contributed by atoms with Crippen LogP contribution in [0.4, 0.5) is 0 Å². The molecule has 5 rings (SSSR count). The largest absolute Gasteiger partial charge is 0.493 e. The van der Waals surface area contributed by atoms with Crippen molar-refractivity contribution in [1.82, 2.24) is 9.97 Å². The van der Waals surface area contributed by atoms with Crippen molar-refractivity contribution in [1.29, 1.82) is 0 Å². The molecule has 4 heterocycles. The van der Waals surface area contributed by atoms with Crippen LogP contribution in [0, 0.1) is 0 Å². The number of benzene rings is 1. The van der Waals surface area contributed by atoms with E-state index in [1.807, 2.05) is 49.1 Å². The van der Waals surface area contributed by atoms with E-state index in [0.29, 0.717) is 0 Å². The second kappa shape index (κ2) is 19.3. The van der Waals surface area contributed by atoms with E-state index in [2.05, 4.69) is 93.3 Å². The molecule has 0 bridgehead atoms. The van der Waals surface area contributed by atoms with E-state index < -0.39 is 0 Å². The third-order valence-electron chi connectivity index (χ3n) is 8.91. The smallest absolute Gasteiger partial charge is 0.177 e. The first-order chi connectivity index (χ1) is 23.3. The Bertz CT molecular complexity index is 1570. The zero-order chi connectivity index (χ0) is 32.4. The quantitative estimate of drug-likeness (QED) is 0.0637. The van der Waals surface area contributed by atoms with Crippen LogP contribution in [0.25, 0.3) is 22.3 Å². The summed E-state index contributed by atoms with van der Waals surface area (Å²) >= 11 is 0. The van der Waals surface area contributed by atoms with Gasteiger partial charge < -0.3 is 4.74 Å². The molecular formula is C42H52N4O+2. The van der Waals surface area contributed by atoms with Crippen molar-refractivity contribution in [2.75, 3.05) is 6.61 Å². The van der Waals surface area contributed by atoms with Gasteiger partial charge in [0.15, 0.2) is 37.9 Å². The standard InChI is InChI=1S/C42H52N4O/c1-2-3-4-5-6-7-8-9-10-11-12-13-32-47-42-33-36(34-45-28-20-39(21-29-45)37-16-24-43-25-17-37)14-15-41(42)35-46-30-22-40(23-31-46)38-18-26-44-27-19-38/h14-31,33H,2-13,32,34-35H2,1H3/q+2. The van der Waals surface area contributed by atoms with Crippen LogP contribution in [0.5, 0.6) is 5.75 Å². The van der Waals surface area contributed by atoms with Crippen LogP contribution in [0.2, 0.25) is 0 Å². The van der Waals surface area contributed by atoms with Crippen molar-refractivity contribution in [2.45, 2.75) is 97.1 Å². The van der Waals surface area contributed by atoms with Gasteiger partial charge in [-0.1, -0.05) is 83.6 Å². The summed E-state index contributed by atoms with van der Waals surface area (Å²) in [7, 11) is 0. The highest BCUT2D eigenvalue weighted by atomic mass is 16.5. The number of ether oxygens (including phenoxy) is 1. The van der Waals surface area contributed by atoms with Gasteiger partial charge in [-0.2, -0.15) is 0 Å². The molecule has 0 spiro atoms. The first-order valence-corrected chi connectivity index (χ1v) is 17.8. The summed E-state index contributed by atoms with van der Waals surface area (Å²) in [6, 6.07) is 23.6. The maximum Gasteiger partial charge on any atom is 0.177 e. The predicted molar refractivity (Wildman–Crippen MR) is 191 cm³/mol. The molecule has 0 saturated heterocycles. The molecule has 47 heavy (non-hydrogen) atoms. The molecule has 0 amide bonds. The number of rotatable bonds is 20. The van der Waals surface area contributed by atoms with Crippen molar-refractivity contribution in [3.8, 4) is 28.0 Å². The fourth-order valence-electron chi connectivity index (χ4n) is 6.09. The van der Waals surface area contributed by atoms with Gasteiger partial charge in [-0.05, 0) is 65.1 Å². The molecule has 0 fully saturated rings. The number of aromatic nitrogens is 4. The van der Waals surface area contributed by atoms with Crippen LogP contribution in [0.1, 0.15) is 95.1 Å². The minimum Gasteiger partial charge on any atom is -0.493 e. The van der Waals surface area contributed by atoms with Gasteiger partial charge >= 0.3 is 0 Å². The highest BCUT2D eigenvalue weighted by Crippen LogP contribution is 2.23. The zero-order valence-electron chi connectivity index (χ0n) is 28.3. The summed E-state index contributed by atoms with van der Waals surface area (Å²) in [4.78, 5) is 8.29. The Morgan fingerprint density at radius 1 is 0.489 bits per heavy atom. The van der Waals surface area contributed by atoms with Gasteiger partial charge in [-0.25, -0.2) is 9.13 Å². The molecule has 4 aromatic heterocycles. The molecule has 0 unspecified atom stereocenters. The molecule has 0 atom stereocenters. The number of nitrogens with zero attached hydrogens (tertiary/aromatic N) is 4. The molecule has 5 heteroatoms. The van der Waals surface area contributed by atoms with Crippen LogP contribution in [-0.2, 0) is 13.1 Å². The van der Waals surface area contributed by atoms with Crippen LogP contribution in [-0.4, -0.2) is 16.6 Å². The van der Waals surface area contributed by atoms with Gasteiger partial charge in [0.2, 0.25) is 0 Å². The molecular weight excluding hydrogens is 576 g/mol. The maximum atomic E-state index is 6.51. The van der Waals surface area contributed by atoms with Crippen molar-refractivity contribution < 1.29 is 13.9 Å². The molecule has 5 aromatic rings. The molecule has 0 radical (unpaired) electrons. The van der Waals surface area contributed by atoms with E-state index in [1.165, 1.54) is 104 Å². The second-order valence-corrected chi connectivity index (χ2v) is 12.7. The Kier molecular flexibility index (Phi) is 14.0. The topological polar surface area (TPSA) is 42.8 Å². The van der Waals surface area contributed by atoms with E-state index in [9.17, 15) is 0 Å². The predicted octanol–water partition coefficient (Wildman–Crippen LogP) is 9.56. The van der Waals surface area contributed by atoms with Crippen molar-refractivity contribution in [3.05, 3.63) is 127 Å². The van der Waals surface area contributed by atoms with E-state index in [-0.39, 0.29) is 0 Å². The Balaban J connectivity index is 1.16. The summed E-state index contributed by atoms with van der Waals surface area (Å²) < 4.78 is 11.0. The molecule has 5 nitrogen and oxygen atoms in total. The van der Waals surface area contributed by atoms with Gasteiger partial charge in [0.1, 0.15) is 5.75 Å². The van der Waals surface area contributed by atoms with Crippen LogP contribution < -0.4 is 13.9 Å². The highest BCUT2D eigenvalue weighted by molar-refractivity contribution is 5.62. The summed E-state index contributed by atoms with van der Waals surface area (Å²) in [5.74, 6) is 0.991. The first-order valence-electron chi connectivity index (χ1n) is 17.8. The fraction of sp³-hybridized carbons (Fsp3) is 0.381. The van der Waals surface area contributed by atoms with Crippen LogP contribution in [0.15, 0.2) is 116 Å². The lowest BCUT2D eigenvalue weighted by atomic mass is 10.1. The highest BCUT2D eigenvalue weighted by Gasteiger charge is 2.14. The van der Waals surface area contributed by atoms with E-state index in [4.69, 9.17) is 4.74 Å². The molecule has 0 aliphatic carbocycles. The second-order valence-electron chi connectivity index (χ2n) is 12.7. The van der Waals surface area contributed by atoms with Crippen molar-refractivity contribution >= 4 is 0 Å². The SMILES string of the molecule is CCCCCCCCCCCCCCOc1cc(C[n+]2ccc(-c3ccncc3)cc2)ccc1C[n+]1ccc(-c2ccncc2)cc1. The third-order valence-corrected chi connectivity index (χ3v) is 8.91. The zero-order valence-corrected chi connectivity index (χ0v) is 28.3. The Morgan fingerprint density at radius 2 is 0.936 bits per heavy atom. The minimum absolute atomic E-state index is 0.757. The van der Waals surface area contributed by atoms with Crippen LogP contribution >= 0.6 is 0 Å². The monoisotopic (exact) mass is 628 g/mol. The minimum atomic E-state index is 0.757. The average molecular weight is 629 g/mol. The number of hydrogen-bond donors (Lipinski definition) is 0. The molecule has 0 saturated carbocycles. The average Bonchev–Trinajstić information content (AvgIpc) is 3.12. The Labute approximate surface area is 282 Å². The Morgan fingerprint density at radius 3 is 1.45 bits per heavy atom. The van der Waals surface area contributed by atoms with Gasteiger partial charge in [-0.3, -0.25) is 9.97 Å². The maximum absolute atomic E-state index is 6.51. The summed E-state index contributed by atoms with van der Waals surface area (Å²) in [6.07, 6.45) is 32.1. The van der Waals surface area contributed by atoms with Crippen molar-refractivity contribution in [3.63, 3.8) is 0 Å². The third kappa shape index (κ3) is 11.4. The summed E-state index contributed by atoms with van der Waals surface area (Å²) in [5, 5.41) is 0. The van der Waals surface area contributed by atoms with E-state index >= 15 is 0 Å². The molecule has 0 N–H and O–H groups in total. The normalized spacial score (nSPS) is 11.1.